The second-order valence-corrected chi connectivity index (χ2v) is 9.17. The number of carbonyl (C=O) groups excluding carboxylic acids is 1. The van der Waals surface area contributed by atoms with Crippen LogP contribution >= 0.6 is 11.8 Å². The number of hydrogen-bond acceptors (Lipinski definition) is 4. The Hall–Kier alpha value is -3.10. The van der Waals surface area contributed by atoms with Gasteiger partial charge in [0.2, 0.25) is 5.91 Å². The maximum atomic E-state index is 13.8. The zero-order valence-corrected chi connectivity index (χ0v) is 19.1. The SMILES string of the molecule is CCC(Sc1nc2c(cc1C#N)CCCCC2)C(=O)N(c1ccccc1)c1ccccc1. The number of fused-ring (bicyclic) bond motifs is 1. The van der Waals surface area contributed by atoms with Crippen molar-refractivity contribution in [2.24, 2.45) is 0 Å². The number of benzene rings is 2. The van der Waals surface area contributed by atoms with Crippen LogP contribution in [0.15, 0.2) is 71.8 Å². The molecule has 4 rings (SSSR count). The molecule has 1 heterocycles. The van der Waals surface area contributed by atoms with Gasteiger partial charge in [0.25, 0.3) is 0 Å². The number of hydrogen-bond donors (Lipinski definition) is 0. The van der Waals surface area contributed by atoms with E-state index in [4.69, 9.17) is 4.98 Å². The standard InChI is InChI=1S/C27H27N3OS/c1-2-25(32-26-21(19-28)18-20-12-6-3-11-17-24(20)29-26)27(31)30(22-13-7-4-8-14-22)23-15-9-5-10-16-23/h4-5,7-10,13-16,18,25H,2-3,6,11-12,17H2,1H3. The van der Waals surface area contributed by atoms with Crippen molar-refractivity contribution in [2.45, 2.75) is 55.7 Å². The quantitative estimate of drug-likeness (QED) is 0.325. The summed E-state index contributed by atoms with van der Waals surface area (Å²) in [6.07, 6.45) is 6.03. The van der Waals surface area contributed by atoms with Gasteiger partial charge in [-0.3, -0.25) is 9.69 Å². The molecule has 5 heteroatoms. The summed E-state index contributed by atoms with van der Waals surface area (Å²) < 4.78 is 0. The van der Waals surface area contributed by atoms with Crippen LogP contribution < -0.4 is 4.90 Å². The summed E-state index contributed by atoms with van der Waals surface area (Å²) in [5.41, 5.74) is 4.52. The van der Waals surface area contributed by atoms with E-state index >= 15 is 0 Å². The van der Waals surface area contributed by atoms with E-state index in [2.05, 4.69) is 6.07 Å². The molecule has 0 saturated heterocycles. The smallest absolute Gasteiger partial charge is 0.245 e. The van der Waals surface area contributed by atoms with Gasteiger partial charge in [-0.2, -0.15) is 5.26 Å². The number of amides is 1. The van der Waals surface area contributed by atoms with Gasteiger partial charge in [0.1, 0.15) is 11.1 Å². The summed E-state index contributed by atoms with van der Waals surface area (Å²) in [5, 5.41) is 10.1. The van der Waals surface area contributed by atoms with Crippen molar-refractivity contribution >= 4 is 29.0 Å². The van der Waals surface area contributed by atoms with Crippen molar-refractivity contribution in [3.05, 3.63) is 83.6 Å². The topological polar surface area (TPSA) is 57.0 Å². The number of pyridine rings is 1. The molecule has 1 aromatic heterocycles. The molecule has 0 spiro atoms. The Kier molecular flexibility index (Phi) is 7.24. The van der Waals surface area contributed by atoms with Crippen molar-refractivity contribution in [1.29, 1.82) is 5.26 Å². The zero-order chi connectivity index (χ0) is 22.3. The molecule has 0 radical (unpaired) electrons. The summed E-state index contributed by atoms with van der Waals surface area (Å²) >= 11 is 1.42. The average Bonchev–Trinajstić information content (AvgIpc) is 3.08. The number of nitriles is 1. The molecule has 1 atom stereocenters. The Morgan fingerprint density at radius 1 is 1.03 bits per heavy atom. The second kappa shape index (κ2) is 10.5. The summed E-state index contributed by atoms with van der Waals surface area (Å²) in [4.78, 5) is 20.5. The first-order valence-corrected chi connectivity index (χ1v) is 12.1. The van der Waals surface area contributed by atoms with E-state index < -0.39 is 0 Å². The number of anilines is 2. The Labute approximate surface area is 194 Å². The predicted molar refractivity (Wildman–Crippen MR) is 130 cm³/mol. The largest absolute Gasteiger partial charge is 0.280 e. The minimum absolute atomic E-state index is 0.00414. The molecule has 3 aromatic rings. The van der Waals surface area contributed by atoms with Crippen molar-refractivity contribution in [3.63, 3.8) is 0 Å². The molecule has 1 aliphatic rings. The van der Waals surface area contributed by atoms with E-state index in [1.807, 2.05) is 73.7 Å². The fraction of sp³-hybridized carbons (Fsp3) is 0.296. The van der Waals surface area contributed by atoms with E-state index in [0.29, 0.717) is 17.0 Å². The number of rotatable bonds is 6. The van der Waals surface area contributed by atoms with Gasteiger partial charge in [-0.25, -0.2) is 4.98 Å². The monoisotopic (exact) mass is 441 g/mol. The van der Waals surface area contributed by atoms with Crippen LogP contribution in [-0.2, 0) is 17.6 Å². The average molecular weight is 442 g/mol. The number of carbonyl (C=O) groups is 1. The number of thioether (sulfide) groups is 1. The lowest BCUT2D eigenvalue weighted by Crippen LogP contribution is -2.34. The summed E-state index contributed by atoms with van der Waals surface area (Å²) in [6.45, 7) is 2.01. The van der Waals surface area contributed by atoms with Crippen LogP contribution in [0.25, 0.3) is 0 Å². The summed E-state index contributed by atoms with van der Waals surface area (Å²) in [5.74, 6) is -0.00414. The Morgan fingerprint density at radius 2 is 1.66 bits per heavy atom. The van der Waals surface area contributed by atoms with Crippen molar-refractivity contribution in [2.75, 3.05) is 4.90 Å². The van der Waals surface area contributed by atoms with Crippen molar-refractivity contribution in [1.82, 2.24) is 4.98 Å². The number of para-hydroxylation sites is 2. The molecule has 1 aliphatic carbocycles. The third-order valence-electron chi connectivity index (χ3n) is 5.79. The highest BCUT2D eigenvalue weighted by Gasteiger charge is 2.28. The van der Waals surface area contributed by atoms with E-state index in [1.54, 1.807) is 4.90 Å². The highest BCUT2D eigenvalue weighted by Crippen LogP contribution is 2.34. The Balaban J connectivity index is 1.68. The molecule has 1 amide bonds. The van der Waals surface area contributed by atoms with Crippen LogP contribution in [0.4, 0.5) is 11.4 Å². The molecule has 0 fully saturated rings. The van der Waals surface area contributed by atoms with Gasteiger partial charge in [0.15, 0.2) is 0 Å². The first kappa shape index (κ1) is 22.1. The van der Waals surface area contributed by atoms with Crippen LogP contribution in [0.3, 0.4) is 0 Å². The molecule has 1 unspecified atom stereocenters. The van der Waals surface area contributed by atoms with E-state index in [9.17, 15) is 10.1 Å². The number of nitrogens with zero attached hydrogens (tertiary/aromatic N) is 3. The third-order valence-corrected chi connectivity index (χ3v) is 7.14. The minimum Gasteiger partial charge on any atom is -0.280 e. The van der Waals surface area contributed by atoms with Gasteiger partial charge in [-0.1, -0.05) is 61.5 Å². The molecule has 0 aliphatic heterocycles. The third kappa shape index (κ3) is 4.87. The fourth-order valence-corrected chi connectivity index (χ4v) is 5.14. The van der Waals surface area contributed by atoms with E-state index in [0.717, 1.165) is 42.8 Å². The van der Waals surface area contributed by atoms with Crippen LogP contribution in [0, 0.1) is 11.3 Å². The van der Waals surface area contributed by atoms with Gasteiger partial charge in [0, 0.05) is 17.1 Å². The van der Waals surface area contributed by atoms with E-state index in [-0.39, 0.29) is 11.2 Å². The van der Waals surface area contributed by atoms with Gasteiger partial charge in [0.05, 0.1) is 10.8 Å². The van der Waals surface area contributed by atoms with Crippen LogP contribution in [-0.4, -0.2) is 16.1 Å². The molecular weight excluding hydrogens is 414 g/mol. The molecule has 2 aromatic carbocycles. The molecule has 4 nitrogen and oxygen atoms in total. The highest BCUT2D eigenvalue weighted by atomic mass is 32.2. The maximum Gasteiger partial charge on any atom is 0.245 e. The van der Waals surface area contributed by atoms with Crippen LogP contribution in [0.5, 0.6) is 0 Å². The minimum atomic E-state index is -0.348. The maximum absolute atomic E-state index is 13.8. The predicted octanol–water partition coefficient (Wildman–Crippen LogP) is 6.46. The zero-order valence-electron chi connectivity index (χ0n) is 18.3. The summed E-state index contributed by atoms with van der Waals surface area (Å²) in [6, 6.07) is 23.8. The molecular formula is C27H27N3OS. The lowest BCUT2D eigenvalue weighted by molar-refractivity contribution is -0.117. The molecule has 0 bridgehead atoms. The molecule has 32 heavy (non-hydrogen) atoms. The Morgan fingerprint density at radius 3 is 2.25 bits per heavy atom. The van der Waals surface area contributed by atoms with Crippen molar-refractivity contribution < 1.29 is 4.79 Å². The van der Waals surface area contributed by atoms with Crippen molar-refractivity contribution in [3.8, 4) is 6.07 Å². The Bertz CT molecular complexity index is 1070. The fourth-order valence-electron chi connectivity index (χ4n) is 4.11. The van der Waals surface area contributed by atoms with Gasteiger partial charge >= 0.3 is 0 Å². The van der Waals surface area contributed by atoms with Gasteiger partial charge < -0.3 is 0 Å². The van der Waals surface area contributed by atoms with Gasteiger partial charge in [-0.05, 0) is 68.0 Å². The number of aromatic nitrogens is 1. The first-order chi connectivity index (χ1) is 15.7. The molecule has 162 valence electrons. The second-order valence-electron chi connectivity index (χ2n) is 7.98. The highest BCUT2D eigenvalue weighted by molar-refractivity contribution is 8.00. The van der Waals surface area contributed by atoms with E-state index in [1.165, 1.54) is 23.7 Å². The van der Waals surface area contributed by atoms with Crippen LogP contribution in [0.1, 0.15) is 49.4 Å². The summed E-state index contributed by atoms with van der Waals surface area (Å²) in [7, 11) is 0. The lowest BCUT2D eigenvalue weighted by Gasteiger charge is -2.27. The number of aryl methyl sites for hydroxylation is 2. The van der Waals surface area contributed by atoms with Crippen LogP contribution in [0.2, 0.25) is 0 Å². The van der Waals surface area contributed by atoms with Gasteiger partial charge in [-0.15, -0.1) is 0 Å². The lowest BCUT2D eigenvalue weighted by atomic mass is 10.1. The normalized spacial score (nSPS) is 14.0. The molecule has 0 saturated carbocycles. The molecule has 0 N–H and O–H groups in total. The first-order valence-electron chi connectivity index (χ1n) is 11.2.